The normalized spacial score (nSPS) is 30.1. The Labute approximate surface area is 121 Å². The van der Waals surface area contributed by atoms with Crippen LogP contribution in [0.4, 0.5) is 5.69 Å². The molecule has 3 atom stereocenters. The molecule has 100 valence electrons. The second-order valence-corrected chi connectivity index (χ2v) is 6.15. The van der Waals surface area contributed by atoms with E-state index in [0.717, 1.165) is 24.8 Å². The highest BCUT2D eigenvalue weighted by atomic mass is 35.5. The largest absolute Gasteiger partial charge is 0.318 e. The van der Waals surface area contributed by atoms with Crippen molar-refractivity contribution < 1.29 is 9.59 Å². The zero-order valence-electron chi connectivity index (χ0n) is 10.2. The molecule has 0 aromatic heterocycles. The van der Waals surface area contributed by atoms with Gasteiger partial charge in [0.2, 0.25) is 0 Å². The molecular weight excluding hydrogens is 285 g/mol. The molecule has 1 amide bonds. The molecule has 1 N–H and O–H groups in total. The van der Waals surface area contributed by atoms with Gasteiger partial charge in [0.25, 0.3) is 11.7 Å². The fourth-order valence-electron chi connectivity index (χ4n) is 2.84. The van der Waals surface area contributed by atoms with Gasteiger partial charge in [-0.25, -0.2) is 0 Å². The zero-order chi connectivity index (χ0) is 13.6. The van der Waals surface area contributed by atoms with Crippen molar-refractivity contribution in [2.45, 2.75) is 35.9 Å². The van der Waals surface area contributed by atoms with E-state index >= 15 is 0 Å². The van der Waals surface area contributed by atoms with Gasteiger partial charge in [-0.1, -0.05) is 12.5 Å². The smallest absolute Gasteiger partial charge is 0.296 e. The maximum Gasteiger partial charge on any atom is 0.296 e. The Balaban J connectivity index is 1.95. The van der Waals surface area contributed by atoms with Crippen molar-refractivity contribution in [3.05, 3.63) is 29.3 Å². The number of carbonyl (C=O) groups is 2. The lowest BCUT2D eigenvalue weighted by molar-refractivity contribution is -0.112. The summed E-state index contributed by atoms with van der Waals surface area (Å²) in [6.45, 7) is 0. The van der Waals surface area contributed by atoms with E-state index < -0.39 is 11.7 Å². The van der Waals surface area contributed by atoms with Crippen LogP contribution >= 0.6 is 23.2 Å². The Kier molecular flexibility index (Phi) is 3.27. The molecule has 1 saturated carbocycles. The maximum atomic E-state index is 11.7. The van der Waals surface area contributed by atoms with Crippen molar-refractivity contribution in [3.63, 3.8) is 0 Å². The van der Waals surface area contributed by atoms with Gasteiger partial charge in [0.05, 0.1) is 22.0 Å². The van der Waals surface area contributed by atoms with Gasteiger partial charge in [-0.15, -0.1) is 23.2 Å². The Morgan fingerprint density at radius 3 is 2.74 bits per heavy atom. The summed E-state index contributed by atoms with van der Waals surface area (Å²) in [7, 11) is 0. The zero-order valence-corrected chi connectivity index (χ0v) is 11.7. The molecule has 1 aliphatic heterocycles. The highest BCUT2D eigenvalue weighted by Gasteiger charge is 2.34. The fraction of sp³-hybridized carbons (Fsp3) is 0.429. The Morgan fingerprint density at radius 2 is 1.95 bits per heavy atom. The van der Waals surface area contributed by atoms with Crippen molar-refractivity contribution >= 4 is 40.6 Å². The lowest BCUT2D eigenvalue weighted by atomic mass is 9.82. The summed E-state index contributed by atoms with van der Waals surface area (Å²) in [6.07, 6.45) is 2.92. The average molecular weight is 298 g/mol. The van der Waals surface area contributed by atoms with Crippen LogP contribution in [0.2, 0.25) is 0 Å². The van der Waals surface area contributed by atoms with Crippen LogP contribution in [-0.4, -0.2) is 22.4 Å². The number of benzene rings is 1. The highest BCUT2D eigenvalue weighted by molar-refractivity contribution is 6.51. The van der Waals surface area contributed by atoms with Crippen LogP contribution in [0.25, 0.3) is 0 Å². The fourth-order valence-corrected chi connectivity index (χ4v) is 3.57. The summed E-state index contributed by atoms with van der Waals surface area (Å²) >= 11 is 12.6. The van der Waals surface area contributed by atoms with Gasteiger partial charge in [0.1, 0.15) is 0 Å². The molecule has 2 aliphatic rings. The number of hydrogen-bond acceptors (Lipinski definition) is 2. The van der Waals surface area contributed by atoms with Gasteiger partial charge in [-0.05, 0) is 30.5 Å². The monoisotopic (exact) mass is 297 g/mol. The standard InChI is InChI=1S/C14H13Cl2NO2/c15-10-3-1-2-8(12(10)16)7-4-5-11-9(6-7)13(18)14(19)17-11/h4-6,8,10,12H,1-3H2,(H,17,18,19). The van der Waals surface area contributed by atoms with Crippen LogP contribution in [0.15, 0.2) is 18.2 Å². The number of carbonyl (C=O) groups excluding carboxylic acids is 2. The van der Waals surface area contributed by atoms with E-state index in [1.54, 1.807) is 12.1 Å². The summed E-state index contributed by atoms with van der Waals surface area (Å²) in [5.41, 5.74) is 2.03. The van der Waals surface area contributed by atoms with Crippen molar-refractivity contribution in [2.75, 3.05) is 5.32 Å². The quantitative estimate of drug-likeness (QED) is 0.638. The number of Topliss-reactive ketones (excluding diaryl/α,β-unsaturated/α-hetero) is 1. The SMILES string of the molecule is O=C1Nc2ccc(C3CCCC(Cl)C3Cl)cc2C1=O. The predicted molar refractivity (Wildman–Crippen MR) is 75.3 cm³/mol. The van der Waals surface area contributed by atoms with Gasteiger partial charge >= 0.3 is 0 Å². The summed E-state index contributed by atoms with van der Waals surface area (Å²) in [4.78, 5) is 23.0. The minimum absolute atomic E-state index is 0.0378. The number of halogens is 2. The minimum atomic E-state index is -0.562. The summed E-state index contributed by atoms with van der Waals surface area (Å²) in [5.74, 6) is -0.888. The molecule has 0 bridgehead atoms. The lowest BCUT2D eigenvalue weighted by Crippen LogP contribution is -2.28. The van der Waals surface area contributed by atoms with E-state index in [4.69, 9.17) is 23.2 Å². The molecule has 5 heteroatoms. The van der Waals surface area contributed by atoms with E-state index in [0.29, 0.717) is 11.3 Å². The van der Waals surface area contributed by atoms with Crippen molar-refractivity contribution in [1.29, 1.82) is 0 Å². The molecule has 0 radical (unpaired) electrons. The molecule has 0 saturated heterocycles. The number of alkyl halides is 2. The molecule has 3 rings (SSSR count). The molecule has 1 aromatic rings. The molecule has 1 heterocycles. The molecule has 3 nitrogen and oxygen atoms in total. The van der Waals surface area contributed by atoms with E-state index in [2.05, 4.69) is 5.32 Å². The van der Waals surface area contributed by atoms with Gasteiger partial charge in [0, 0.05) is 5.92 Å². The van der Waals surface area contributed by atoms with Crippen LogP contribution in [0.1, 0.15) is 41.1 Å². The van der Waals surface area contributed by atoms with E-state index in [-0.39, 0.29) is 16.7 Å². The van der Waals surface area contributed by atoms with Crippen molar-refractivity contribution in [2.24, 2.45) is 0 Å². The average Bonchev–Trinajstić information content (AvgIpc) is 2.68. The van der Waals surface area contributed by atoms with Gasteiger partial charge in [-0.2, -0.15) is 0 Å². The first-order chi connectivity index (χ1) is 9.08. The first-order valence-corrected chi connectivity index (χ1v) is 7.23. The second kappa shape index (κ2) is 4.80. The van der Waals surface area contributed by atoms with Gasteiger partial charge < -0.3 is 5.32 Å². The third kappa shape index (κ3) is 2.15. The highest BCUT2D eigenvalue weighted by Crippen LogP contribution is 2.40. The van der Waals surface area contributed by atoms with Gasteiger partial charge in [-0.3, -0.25) is 9.59 Å². The van der Waals surface area contributed by atoms with Gasteiger partial charge in [0.15, 0.2) is 0 Å². The molecule has 1 fully saturated rings. The Morgan fingerprint density at radius 1 is 1.16 bits per heavy atom. The third-order valence-electron chi connectivity index (χ3n) is 3.90. The number of nitrogens with one attached hydrogen (secondary N) is 1. The molecule has 1 aromatic carbocycles. The lowest BCUT2D eigenvalue weighted by Gasteiger charge is -2.31. The summed E-state index contributed by atoms with van der Waals surface area (Å²) in [6, 6.07) is 5.48. The predicted octanol–water partition coefficient (Wildman–Crippen LogP) is 3.30. The van der Waals surface area contributed by atoms with E-state index in [1.807, 2.05) is 6.07 Å². The molecule has 19 heavy (non-hydrogen) atoms. The number of amides is 1. The van der Waals surface area contributed by atoms with Crippen LogP contribution in [0, 0.1) is 0 Å². The minimum Gasteiger partial charge on any atom is -0.318 e. The molecule has 3 unspecified atom stereocenters. The topological polar surface area (TPSA) is 46.2 Å². The van der Waals surface area contributed by atoms with E-state index in [1.165, 1.54) is 0 Å². The maximum absolute atomic E-state index is 11.7. The van der Waals surface area contributed by atoms with Crippen molar-refractivity contribution in [3.8, 4) is 0 Å². The number of ketones is 1. The first kappa shape index (κ1) is 12.9. The number of anilines is 1. The second-order valence-electron chi connectivity index (χ2n) is 5.09. The molecule has 1 aliphatic carbocycles. The summed E-state index contributed by atoms with van der Waals surface area (Å²) < 4.78 is 0. The first-order valence-electron chi connectivity index (χ1n) is 6.35. The van der Waals surface area contributed by atoms with Crippen LogP contribution < -0.4 is 5.32 Å². The summed E-state index contributed by atoms with van der Waals surface area (Å²) in [5, 5.41) is 2.38. The van der Waals surface area contributed by atoms with Crippen LogP contribution in [0.5, 0.6) is 0 Å². The number of rotatable bonds is 1. The Bertz CT molecular complexity index is 558. The van der Waals surface area contributed by atoms with Crippen molar-refractivity contribution in [1.82, 2.24) is 0 Å². The third-order valence-corrected chi connectivity index (χ3v) is 5.12. The number of fused-ring (bicyclic) bond motifs is 1. The van der Waals surface area contributed by atoms with Crippen LogP contribution in [0.3, 0.4) is 0 Å². The van der Waals surface area contributed by atoms with E-state index in [9.17, 15) is 9.59 Å². The number of hydrogen-bond donors (Lipinski definition) is 1. The Hall–Kier alpha value is -1.06. The molecule has 0 spiro atoms. The van der Waals surface area contributed by atoms with Crippen LogP contribution in [-0.2, 0) is 4.79 Å². The molecular formula is C14H13Cl2NO2.